The lowest BCUT2D eigenvalue weighted by Gasteiger charge is -2.25. The van der Waals surface area contributed by atoms with Crippen molar-refractivity contribution >= 4 is 16.9 Å². The number of carbonyl (C=O) groups is 1. The Bertz CT molecular complexity index is 926. The standard InChI is InChI=1S/C22H25N3O/c1-3-21(26)24-14-6-9-20(24)22-23-18-7-4-5-8-19(18)25(22)15-17-12-10-16(2)11-13-17/h4-5,7-8,10-13,20H,3,6,9,14-15H2,1-2H3/t20-/m1/s1. The molecule has 0 saturated carbocycles. The molecule has 1 aromatic heterocycles. The molecule has 0 N–H and O–H groups in total. The molecule has 1 aliphatic heterocycles. The second-order valence-electron chi connectivity index (χ2n) is 7.13. The number of imidazole rings is 1. The highest BCUT2D eigenvalue weighted by Gasteiger charge is 2.32. The Labute approximate surface area is 154 Å². The molecule has 1 aliphatic rings. The molecule has 2 heterocycles. The molecule has 1 atom stereocenters. The Balaban J connectivity index is 1.79. The third kappa shape index (κ3) is 3.00. The molecule has 2 aromatic carbocycles. The van der Waals surface area contributed by atoms with E-state index in [1.54, 1.807) is 0 Å². The van der Waals surface area contributed by atoms with Crippen molar-refractivity contribution < 1.29 is 4.79 Å². The van der Waals surface area contributed by atoms with E-state index < -0.39 is 0 Å². The first kappa shape index (κ1) is 16.8. The van der Waals surface area contributed by atoms with Crippen molar-refractivity contribution in [3.05, 3.63) is 65.5 Å². The van der Waals surface area contributed by atoms with Crippen molar-refractivity contribution in [2.75, 3.05) is 6.54 Å². The van der Waals surface area contributed by atoms with E-state index in [0.717, 1.165) is 42.8 Å². The fourth-order valence-electron chi connectivity index (χ4n) is 3.93. The number of carbonyl (C=O) groups excluding carboxylic acids is 1. The molecule has 0 spiro atoms. The maximum Gasteiger partial charge on any atom is 0.222 e. The van der Waals surface area contributed by atoms with Crippen LogP contribution in [0.15, 0.2) is 48.5 Å². The first-order valence-corrected chi connectivity index (χ1v) is 9.47. The van der Waals surface area contributed by atoms with Crippen molar-refractivity contribution in [2.24, 2.45) is 0 Å². The zero-order valence-electron chi connectivity index (χ0n) is 15.5. The molecule has 0 bridgehead atoms. The predicted octanol–water partition coefficient (Wildman–Crippen LogP) is 4.47. The molecule has 134 valence electrons. The summed E-state index contributed by atoms with van der Waals surface area (Å²) in [5.74, 6) is 1.24. The lowest BCUT2D eigenvalue weighted by molar-refractivity contribution is -0.131. The molecule has 26 heavy (non-hydrogen) atoms. The van der Waals surface area contributed by atoms with Crippen molar-refractivity contribution in [2.45, 2.75) is 45.7 Å². The maximum absolute atomic E-state index is 12.4. The van der Waals surface area contributed by atoms with Crippen LogP contribution in [-0.4, -0.2) is 26.9 Å². The van der Waals surface area contributed by atoms with Gasteiger partial charge in [-0.25, -0.2) is 4.98 Å². The van der Waals surface area contributed by atoms with Gasteiger partial charge in [-0.15, -0.1) is 0 Å². The van der Waals surface area contributed by atoms with Crippen LogP contribution in [-0.2, 0) is 11.3 Å². The highest BCUT2D eigenvalue weighted by molar-refractivity contribution is 5.78. The molecule has 4 heteroatoms. The summed E-state index contributed by atoms with van der Waals surface area (Å²) in [6.07, 6.45) is 2.59. The number of hydrogen-bond donors (Lipinski definition) is 0. The number of aryl methyl sites for hydroxylation is 1. The zero-order valence-corrected chi connectivity index (χ0v) is 15.5. The quantitative estimate of drug-likeness (QED) is 0.698. The predicted molar refractivity (Wildman–Crippen MR) is 104 cm³/mol. The monoisotopic (exact) mass is 347 g/mol. The van der Waals surface area contributed by atoms with Gasteiger partial charge in [-0.2, -0.15) is 0 Å². The molecule has 0 unspecified atom stereocenters. The number of likely N-dealkylation sites (tertiary alicyclic amines) is 1. The molecular weight excluding hydrogens is 322 g/mol. The number of nitrogens with zero attached hydrogens (tertiary/aromatic N) is 3. The van der Waals surface area contributed by atoms with Gasteiger partial charge in [-0.05, 0) is 37.5 Å². The highest BCUT2D eigenvalue weighted by Crippen LogP contribution is 2.34. The third-order valence-electron chi connectivity index (χ3n) is 5.32. The van der Waals surface area contributed by atoms with E-state index in [4.69, 9.17) is 4.98 Å². The fraction of sp³-hybridized carbons (Fsp3) is 0.364. The minimum absolute atomic E-state index is 0.0836. The summed E-state index contributed by atoms with van der Waals surface area (Å²) in [4.78, 5) is 19.4. The molecule has 0 aliphatic carbocycles. The van der Waals surface area contributed by atoms with Crippen LogP contribution in [0.25, 0.3) is 11.0 Å². The van der Waals surface area contributed by atoms with Gasteiger partial charge in [0.25, 0.3) is 0 Å². The number of benzene rings is 2. The van der Waals surface area contributed by atoms with Crippen molar-refractivity contribution in [1.29, 1.82) is 0 Å². The average molecular weight is 347 g/mol. The molecule has 1 fully saturated rings. The molecule has 1 amide bonds. The van der Waals surface area contributed by atoms with Crippen molar-refractivity contribution in [3.8, 4) is 0 Å². The summed E-state index contributed by atoms with van der Waals surface area (Å²) in [6, 6.07) is 17.0. The SMILES string of the molecule is CCC(=O)N1CCC[C@@H]1c1nc2ccccc2n1Cc1ccc(C)cc1. The average Bonchev–Trinajstić information content (AvgIpc) is 3.28. The molecule has 0 radical (unpaired) electrons. The largest absolute Gasteiger partial charge is 0.333 e. The van der Waals surface area contributed by atoms with Crippen LogP contribution in [0.5, 0.6) is 0 Å². The van der Waals surface area contributed by atoms with Crippen LogP contribution in [0.2, 0.25) is 0 Å². The normalized spacial score (nSPS) is 17.2. The van der Waals surface area contributed by atoms with E-state index in [-0.39, 0.29) is 11.9 Å². The van der Waals surface area contributed by atoms with Gasteiger partial charge in [0.1, 0.15) is 5.82 Å². The number of hydrogen-bond acceptors (Lipinski definition) is 2. The molecule has 4 nitrogen and oxygen atoms in total. The van der Waals surface area contributed by atoms with Gasteiger partial charge in [0, 0.05) is 19.5 Å². The highest BCUT2D eigenvalue weighted by atomic mass is 16.2. The van der Waals surface area contributed by atoms with E-state index in [2.05, 4.69) is 54.0 Å². The molecule has 4 rings (SSSR count). The first-order valence-electron chi connectivity index (χ1n) is 9.47. The van der Waals surface area contributed by atoms with Crippen LogP contribution < -0.4 is 0 Å². The Hall–Kier alpha value is -2.62. The topological polar surface area (TPSA) is 38.1 Å². The summed E-state index contributed by atoms with van der Waals surface area (Å²) in [7, 11) is 0. The van der Waals surface area contributed by atoms with E-state index in [0.29, 0.717) is 6.42 Å². The van der Waals surface area contributed by atoms with Gasteiger partial charge in [0.05, 0.1) is 17.1 Å². The maximum atomic E-state index is 12.4. The Kier molecular flexibility index (Phi) is 4.49. The number of fused-ring (bicyclic) bond motifs is 1. The number of para-hydroxylation sites is 2. The van der Waals surface area contributed by atoms with E-state index in [9.17, 15) is 4.79 Å². The zero-order chi connectivity index (χ0) is 18.1. The smallest absolute Gasteiger partial charge is 0.222 e. The minimum atomic E-state index is 0.0836. The number of rotatable bonds is 4. The van der Waals surface area contributed by atoms with E-state index in [1.807, 2.05) is 17.9 Å². The van der Waals surface area contributed by atoms with E-state index in [1.165, 1.54) is 11.1 Å². The lowest BCUT2D eigenvalue weighted by atomic mass is 10.1. The summed E-state index contributed by atoms with van der Waals surface area (Å²) < 4.78 is 2.30. The van der Waals surface area contributed by atoms with Gasteiger partial charge in [0.15, 0.2) is 0 Å². The van der Waals surface area contributed by atoms with Crippen LogP contribution in [0.4, 0.5) is 0 Å². The van der Waals surface area contributed by atoms with Gasteiger partial charge >= 0.3 is 0 Å². The molecular formula is C22H25N3O. The van der Waals surface area contributed by atoms with Crippen LogP contribution >= 0.6 is 0 Å². The lowest BCUT2D eigenvalue weighted by Crippen LogP contribution is -2.31. The molecule has 3 aromatic rings. The van der Waals surface area contributed by atoms with Crippen LogP contribution in [0, 0.1) is 6.92 Å². The third-order valence-corrected chi connectivity index (χ3v) is 5.32. The summed E-state index contributed by atoms with van der Waals surface area (Å²) in [5, 5.41) is 0. The number of amides is 1. The Morgan fingerprint density at radius 1 is 1.15 bits per heavy atom. The van der Waals surface area contributed by atoms with Gasteiger partial charge in [-0.3, -0.25) is 4.79 Å². The van der Waals surface area contributed by atoms with Crippen molar-refractivity contribution in [3.63, 3.8) is 0 Å². The van der Waals surface area contributed by atoms with Gasteiger partial charge in [0.2, 0.25) is 5.91 Å². The number of aromatic nitrogens is 2. The molecule has 1 saturated heterocycles. The summed E-state index contributed by atoms with van der Waals surface area (Å²) >= 11 is 0. The summed E-state index contributed by atoms with van der Waals surface area (Å²) in [5.41, 5.74) is 4.66. The minimum Gasteiger partial charge on any atom is -0.333 e. The van der Waals surface area contributed by atoms with E-state index >= 15 is 0 Å². The fourth-order valence-corrected chi connectivity index (χ4v) is 3.93. The van der Waals surface area contributed by atoms with Crippen LogP contribution in [0.1, 0.15) is 49.2 Å². The first-order chi connectivity index (χ1) is 12.7. The van der Waals surface area contributed by atoms with Crippen molar-refractivity contribution in [1.82, 2.24) is 14.5 Å². The van der Waals surface area contributed by atoms with Gasteiger partial charge in [-0.1, -0.05) is 48.9 Å². The second-order valence-corrected chi connectivity index (χ2v) is 7.13. The van der Waals surface area contributed by atoms with Crippen LogP contribution in [0.3, 0.4) is 0 Å². The second kappa shape index (κ2) is 6.94. The summed E-state index contributed by atoms with van der Waals surface area (Å²) in [6.45, 7) is 5.66. The van der Waals surface area contributed by atoms with Gasteiger partial charge < -0.3 is 9.47 Å². The Morgan fingerprint density at radius 3 is 2.69 bits per heavy atom. The Morgan fingerprint density at radius 2 is 1.92 bits per heavy atom.